The third-order valence-corrected chi connectivity index (χ3v) is 3.33. The average molecular weight is 242 g/mol. The summed E-state index contributed by atoms with van der Waals surface area (Å²) in [7, 11) is 0. The highest BCUT2D eigenvalue weighted by Gasteiger charge is 2.13. The number of anilines is 1. The fourth-order valence-electron chi connectivity index (χ4n) is 1.49. The van der Waals surface area contributed by atoms with Crippen LogP contribution in [0.3, 0.4) is 0 Å². The lowest BCUT2D eigenvalue weighted by Crippen LogP contribution is -2.31. The van der Waals surface area contributed by atoms with Crippen molar-refractivity contribution in [2.45, 2.75) is 33.6 Å². The molecule has 0 spiro atoms. The molecule has 1 atom stereocenters. The molecule has 0 saturated heterocycles. The van der Waals surface area contributed by atoms with Crippen LogP contribution in [0.25, 0.3) is 0 Å². The second kappa shape index (κ2) is 6.81. The predicted molar refractivity (Wildman–Crippen MR) is 70.0 cm³/mol. The van der Waals surface area contributed by atoms with Crippen LogP contribution in [0.5, 0.6) is 0 Å². The Labute approximate surface area is 102 Å². The fourth-order valence-corrected chi connectivity index (χ4v) is 2.28. The highest BCUT2D eigenvalue weighted by atomic mass is 32.1. The van der Waals surface area contributed by atoms with Crippen LogP contribution in [-0.4, -0.2) is 29.0 Å². The van der Waals surface area contributed by atoms with Gasteiger partial charge in [0.15, 0.2) is 0 Å². The Balaban J connectivity index is 2.63. The predicted octanol–water partition coefficient (Wildman–Crippen LogP) is 1.91. The van der Waals surface area contributed by atoms with Crippen molar-refractivity contribution in [3.05, 3.63) is 5.82 Å². The Hall–Kier alpha value is -0.680. The Morgan fingerprint density at radius 1 is 1.44 bits per heavy atom. The van der Waals surface area contributed by atoms with Crippen molar-refractivity contribution >= 4 is 16.7 Å². The highest BCUT2D eigenvalue weighted by molar-refractivity contribution is 7.09. The Morgan fingerprint density at radius 2 is 2.19 bits per heavy atom. The lowest BCUT2D eigenvalue weighted by molar-refractivity contribution is 0.575. The van der Waals surface area contributed by atoms with E-state index in [0.29, 0.717) is 5.92 Å². The molecule has 1 unspecified atom stereocenters. The van der Waals surface area contributed by atoms with E-state index in [9.17, 15) is 0 Å². The molecular weight excluding hydrogens is 220 g/mol. The fraction of sp³-hybridized carbons (Fsp3) is 0.818. The minimum absolute atomic E-state index is 0.499. The van der Waals surface area contributed by atoms with E-state index in [0.717, 1.165) is 43.4 Å². The molecule has 0 amide bonds. The molecule has 0 aliphatic rings. The van der Waals surface area contributed by atoms with Crippen molar-refractivity contribution in [1.29, 1.82) is 0 Å². The molecule has 1 heterocycles. The van der Waals surface area contributed by atoms with Crippen LogP contribution >= 0.6 is 11.5 Å². The van der Waals surface area contributed by atoms with Gasteiger partial charge in [-0.05, 0) is 25.8 Å². The second-order valence-corrected chi connectivity index (χ2v) is 4.85. The number of hydrogen-bond acceptors (Lipinski definition) is 5. The van der Waals surface area contributed by atoms with Crippen LogP contribution in [-0.2, 0) is 6.42 Å². The topological polar surface area (TPSA) is 55.0 Å². The number of aryl methyl sites for hydroxylation is 1. The Morgan fingerprint density at radius 3 is 2.75 bits per heavy atom. The largest absolute Gasteiger partial charge is 0.347 e. The number of rotatable bonds is 7. The first-order chi connectivity index (χ1) is 7.71. The summed E-state index contributed by atoms with van der Waals surface area (Å²) in [6.07, 6.45) is 2.07. The van der Waals surface area contributed by atoms with E-state index >= 15 is 0 Å². The van der Waals surface area contributed by atoms with Crippen LogP contribution in [0.4, 0.5) is 5.13 Å². The minimum atomic E-state index is 0.499. The second-order valence-electron chi connectivity index (χ2n) is 4.12. The first-order valence-electron chi connectivity index (χ1n) is 5.98. The van der Waals surface area contributed by atoms with Crippen LogP contribution in [0.1, 0.15) is 33.0 Å². The molecule has 0 radical (unpaired) electrons. The van der Waals surface area contributed by atoms with Gasteiger partial charge in [0.25, 0.3) is 0 Å². The standard InChI is InChI=1S/C11H22N4S/c1-4-6-10-13-11(16-14-10)15(5-2)8-9(3)7-12/h9H,4-8,12H2,1-3H3. The molecule has 4 nitrogen and oxygen atoms in total. The van der Waals surface area contributed by atoms with Gasteiger partial charge in [-0.15, -0.1) is 0 Å². The molecule has 1 aromatic heterocycles. The first kappa shape index (κ1) is 13.4. The van der Waals surface area contributed by atoms with Crippen molar-refractivity contribution in [2.75, 3.05) is 24.5 Å². The number of nitrogens with zero attached hydrogens (tertiary/aromatic N) is 3. The van der Waals surface area contributed by atoms with E-state index in [4.69, 9.17) is 5.73 Å². The average Bonchev–Trinajstić information content (AvgIpc) is 2.74. The third-order valence-electron chi connectivity index (χ3n) is 2.52. The van der Waals surface area contributed by atoms with Gasteiger partial charge in [-0.2, -0.15) is 4.37 Å². The van der Waals surface area contributed by atoms with Crippen LogP contribution in [0.15, 0.2) is 0 Å². The summed E-state index contributed by atoms with van der Waals surface area (Å²) in [5.74, 6) is 1.47. The summed E-state index contributed by atoms with van der Waals surface area (Å²) in [6, 6.07) is 0. The molecule has 0 aliphatic carbocycles. The molecule has 0 bridgehead atoms. The van der Waals surface area contributed by atoms with E-state index in [-0.39, 0.29) is 0 Å². The molecule has 0 aliphatic heterocycles. The number of nitrogens with two attached hydrogens (primary N) is 1. The molecule has 2 N–H and O–H groups in total. The SMILES string of the molecule is CCCc1nsc(N(CC)CC(C)CN)n1. The quantitative estimate of drug-likeness (QED) is 0.793. The number of aromatic nitrogens is 2. The van der Waals surface area contributed by atoms with Gasteiger partial charge in [-0.25, -0.2) is 4.98 Å². The summed E-state index contributed by atoms with van der Waals surface area (Å²) in [5.41, 5.74) is 5.65. The first-order valence-corrected chi connectivity index (χ1v) is 6.76. The molecule has 1 rings (SSSR count). The van der Waals surface area contributed by atoms with Gasteiger partial charge < -0.3 is 10.6 Å². The van der Waals surface area contributed by atoms with Gasteiger partial charge >= 0.3 is 0 Å². The molecule has 16 heavy (non-hydrogen) atoms. The van der Waals surface area contributed by atoms with E-state index < -0.39 is 0 Å². The molecule has 0 saturated carbocycles. The van der Waals surface area contributed by atoms with Gasteiger partial charge in [-0.3, -0.25) is 0 Å². The van der Waals surface area contributed by atoms with E-state index in [2.05, 4.69) is 35.0 Å². The van der Waals surface area contributed by atoms with Gasteiger partial charge in [0, 0.05) is 31.0 Å². The summed E-state index contributed by atoms with van der Waals surface area (Å²) in [6.45, 7) is 9.10. The highest BCUT2D eigenvalue weighted by Crippen LogP contribution is 2.18. The lowest BCUT2D eigenvalue weighted by atomic mass is 10.2. The van der Waals surface area contributed by atoms with Crippen molar-refractivity contribution < 1.29 is 0 Å². The summed E-state index contributed by atoms with van der Waals surface area (Å²) >= 11 is 1.50. The van der Waals surface area contributed by atoms with Crippen LogP contribution in [0, 0.1) is 5.92 Å². The van der Waals surface area contributed by atoms with Crippen molar-refractivity contribution in [3.63, 3.8) is 0 Å². The zero-order valence-electron chi connectivity index (χ0n) is 10.4. The van der Waals surface area contributed by atoms with Crippen LogP contribution < -0.4 is 10.6 Å². The summed E-state index contributed by atoms with van der Waals surface area (Å²) in [5, 5.41) is 1.03. The summed E-state index contributed by atoms with van der Waals surface area (Å²) < 4.78 is 4.37. The molecule has 92 valence electrons. The van der Waals surface area contributed by atoms with Crippen molar-refractivity contribution in [2.24, 2.45) is 11.7 Å². The molecule has 0 fully saturated rings. The lowest BCUT2D eigenvalue weighted by Gasteiger charge is -2.22. The van der Waals surface area contributed by atoms with Gasteiger partial charge in [-0.1, -0.05) is 13.8 Å². The molecule has 5 heteroatoms. The smallest absolute Gasteiger partial charge is 0.205 e. The van der Waals surface area contributed by atoms with Crippen molar-refractivity contribution in [3.8, 4) is 0 Å². The summed E-state index contributed by atoms with van der Waals surface area (Å²) in [4.78, 5) is 6.81. The van der Waals surface area contributed by atoms with Gasteiger partial charge in [0.1, 0.15) is 5.82 Å². The van der Waals surface area contributed by atoms with E-state index in [1.807, 2.05) is 0 Å². The van der Waals surface area contributed by atoms with Gasteiger partial charge in [0.05, 0.1) is 0 Å². The van der Waals surface area contributed by atoms with E-state index in [1.165, 1.54) is 11.5 Å². The monoisotopic (exact) mass is 242 g/mol. The Kier molecular flexibility index (Phi) is 5.69. The third kappa shape index (κ3) is 3.72. The maximum atomic E-state index is 5.65. The van der Waals surface area contributed by atoms with E-state index in [1.54, 1.807) is 0 Å². The maximum Gasteiger partial charge on any atom is 0.205 e. The molecular formula is C11H22N4S. The zero-order valence-corrected chi connectivity index (χ0v) is 11.3. The van der Waals surface area contributed by atoms with Crippen molar-refractivity contribution in [1.82, 2.24) is 9.36 Å². The normalized spacial score (nSPS) is 12.8. The molecule has 0 aromatic carbocycles. The zero-order chi connectivity index (χ0) is 12.0. The molecule has 1 aromatic rings. The maximum absolute atomic E-state index is 5.65. The number of hydrogen-bond donors (Lipinski definition) is 1. The van der Waals surface area contributed by atoms with Crippen LogP contribution in [0.2, 0.25) is 0 Å². The van der Waals surface area contributed by atoms with Gasteiger partial charge in [0.2, 0.25) is 5.13 Å². The minimum Gasteiger partial charge on any atom is -0.347 e. The Bertz CT molecular complexity index is 300.